The maximum Gasteiger partial charge on any atom is 0.389 e. The van der Waals surface area contributed by atoms with Crippen molar-refractivity contribution in [2.75, 3.05) is 6.54 Å². The van der Waals surface area contributed by atoms with Crippen LogP contribution in [-0.4, -0.2) is 17.7 Å². The van der Waals surface area contributed by atoms with Crippen LogP contribution in [0.15, 0.2) is 5.38 Å². The van der Waals surface area contributed by atoms with E-state index in [1.165, 1.54) is 11.3 Å². The van der Waals surface area contributed by atoms with Gasteiger partial charge in [0.15, 0.2) is 0 Å². The van der Waals surface area contributed by atoms with Gasteiger partial charge in [-0.15, -0.1) is 11.3 Å². The van der Waals surface area contributed by atoms with Crippen LogP contribution in [0.2, 0.25) is 0 Å². The Bertz CT molecular complexity index is 336. The molecule has 1 unspecified atom stereocenters. The SMILES string of the molecule is CCCNC(CCC(F)(F)F)c1csc(C)n1. The van der Waals surface area contributed by atoms with Crippen LogP contribution in [0.25, 0.3) is 0 Å². The highest BCUT2D eigenvalue weighted by atomic mass is 32.1. The lowest BCUT2D eigenvalue weighted by atomic mass is 10.1. The molecule has 0 spiro atoms. The Hall–Kier alpha value is -0.620. The number of thiazole rings is 1. The van der Waals surface area contributed by atoms with E-state index >= 15 is 0 Å². The van der Waals surface area contributed by atoms with Gasteiger partial charge < -0.3 is 5.32 Å². The normalized spacial score (nSPS) is 13.9. The summed E-state index contributed by atoms with van der Waals surface area (Å²) < 4.78 is 36.6. The topological polar surface area (TPSA) is 24.9 Å². The molecule has 0 amide bonds. The smallest absolute Gasteiger partial charge is 0.309 e. The van der Waals surface area contributed by atoms with Crippen LogP contribution in [0.3, 0.4) is 0 Å². The molecule has 6 heteroatoms. The summed E-state index contributed by atoms with van der Waals surface area (Å²) in [5, 5.41) is 5.83. The average Bonchev–Trinajstić information content (AvgIpc) is 2.63. The van der Waals surface area contributed by atoms with Gasteiger partial charge in [-0.05, 0) is 26.3 Å². The second kappa shape index (κ2) is 6.35. The van der Waals surface area contributed by atoms with Gasteiger partial charge in [-0.25, -0.2) is 4.98 Å². The van der Waals surface area contributed by atoms with E-state index < -0.39 is 12.6 Å². The van der Waals surface area contributed by atoms with Gasteiger partial charge in [0.25, 0.3) is 0 Å². The highest BCUT2D eigenvalue weighted by Gasteiger charge is 2.29. The zero-order valence-corrected chi connectivity index (χ0v) is 10.8. The zero-order valence-electron chi connectivity index (χ0n) is 9.97. The number of hydrogen-bond acceptors (Lipinski definition) is 3. The largest absolute Gasteiger partial charge is 0.389 e. The van der Waals surface area contributed by atoms with Crippen molar-refractivity contribution in [3.63, 3.8) is 0 Å². The fourth-order valence-electron chi connectivity index (χ4n) is 1.52. The Kier molecular flexibility index (Phi) is 5.39. The summed E-state index contributed by atoms with van der Waals surface area (Å²) in [6.45, 7) is 4.55. The molecule has 0 aliphatic carbocycles. The minimum atomic E-state index is -4.10. The van der Waals surface area contributed by atoms with Gasteiger partial charge in [0.1, 0.15) is 0 Å². The molecular formula is C11H17F3N2S. The van der Waals surface area contributed by atoms with E-state index in [2.05, 4.69) is 10.3 Å². The third kappa shape index (κ3) is 5.50. The van der Waals surface area contributed by atoms with Gasteiger partial charge in [-0.2, -0.15) is 13.2 Å². The Morgan fingerprint density at radius 3 is 2.65 bits per heavy atom. The molecule has 0 aromatic carbocycles. The molecule has 0 bridgehead atoms. The summed E-state index contributed by atoms with van der Waals surface area (Å²) in [7, 11) is 0. The molecule has 1 N–H and O–H groups in total. The second-order valence-electron chi connectivity index (χ2n) is 3.95. The third-order valence-electron chi connectivity index (χ3n) is 2.35. The molecule has 1 heterocycles. The number of nitrogens with zero attached hydrogens (tertiary/aromatic N) is 1. The molecule has 1 aromatic rings. The summed E-state index contributed by atoms with van der Waals surface area (Å²) in [5.41, 5.74) is 0.727. The lowest BCUT2D eigenvalue weighted by molar-refractivity contribution is -0.136. The summed E-state index contributed by atoms with van der Waals surface area (Å²) in [5.74, 6) is 0. The quantitative estimate of drug-likeness (QED) is 0.846. The van der Waals surface area contributed by atoms with E-state index in [1.54, 1.807) is 0 Å². The van der Waals surface area contributed by atoms with Crippen LogP contribution in [0.4, 0.5) is 13.2 Å². The van der Waals surface area contributed by atoms with Gasteiger partial charge in [-0.1, -0.05) is 6.92 Å². The molecule has 1 rings (SSSR count). The van der Waals surface area contributed by atoms with Crippen molar-refractivity contribution in [2.24, 2.45) is 0 Å². The molecule has 0 radical (unpaired) electrons. The molecule has 0 saturated carbocycles. The second-order valence-corrected chi connectivity index (χ2v) is 5.01. The highest BCUT2D eigenvalue weighted by Crippen LogP contribution is 2.28. The Morgan fingerprint density at radius 2 is 2.18 bits per heavy atom. The predicted octanol–water partition coefficient (Wildman–Crippen LogP) is 3.83. The maximum atomic E-state index is 12.2. The molecule has 1 aromatic heterocycles. The minimum Gasteiger partial charge on any atom is -0.309 e. The summed E-state index contributed by atoms with van der Waals surface area (Å²) in [6, 6.07) is -0.290. The lowest BCUT2D eigenvalue weighted by Gasteiger charge is -2.17. The van der Waals surface area contributed by atoms with E-state index in [9.17, 15) is 13.2 Å². The molecule has 2 nitrogen and oxygen atoms in total. The van der Waals surface area contributed by atoms with Crippen molar-refractivity contribution in [3.8, 4) is 0 Å². The first kappa shape index (κ1) is 14.4. The van der Waals surface area contributed by atoms with Gasteiger partial charge in [0.05, 0.1) is 16.7 Å². The number of aromatic nitrogens is 1. The van der Waals surface area contributed by atoms with Crippen LogP contribution in [0.5, 0.6) is 0 Å². The highest BCUT2D eigenvalue weighted by molar-refractivity contribution is 7.09. The molecule has 0 aliphatic heterocycles. The van der Waals surface area contributed by atoms with Crippen molar-refractivity contribution in [2.45, 2.75) is 45.3 Å². The summed E-state index contributed by atoms with van der Waals surface area (Å²) >= 11 is 1.47. The number of hydrogen-bond donors (Lipinski definition) is 1. The van der Waals surface area contributed by atoms with Crippen LogP contribution in [0.1, 0.15) is 42.9 Å². The van der Waals surface area contributed by atoms with Crippen molar-refractivity contribution < 1.29 is 13.2 Å². The van der Waals surface area contributed by atoms with Crippen LogP contribution < -0.4 is 5.32 Å². The molecule has 0 aliphatic rings. The summed E-state index contributed by atoms with van der Waals surface area (Å²) in [6.07, 6.45) is -3.93. The van der Waals surface area contributed by atoms with E-state index in [1.807, 2.05) is 19.2 Å². The number of nitrogens with one attached hydrogen (secondary N) is 1. The first-order chi connectivity index (χ1) is 7.92. The first-order valence-corrected chi connectivity index (χ1v) is 6.52. The van der Waals surface area contributed by atoms with Crippen LogP contribution >= 0.6 is 11.3 Å². The van der Waals surface area contributed by atoms with Gasteiger partial charge in [0.2, 0.25) is 0 Å². The third-order valence-corrected chi connectivity index (χ3v) is 3.14. The van der Waals surface area contributed by atoms with Crippen LogP contribution in [0, 0.1) is 6.92 Å². The predicted molar refractivity (Wildman–Crippen MR) is 63.2 cm³/mol. The van der Waals surface area contributed by atoms with Gasteiger partial charge in [-0.3, -0.25) is 0 Å². The van der Waals surface area contributed by atoms with Gasteiger partial charge in [0, 0.05) is 11.8 Å². The van der Waals surface area contributed by atoms with E-state index in [4.69, 9.17) is 0 Å². The first-order valence-electron chi connectivity index (χ1n) is 5.64. The van der Waals surface area contributed by atoms with E-state index in [-0.39, 0.29) is 12.5 Å². The molecule has 98 valence electrons. The molecular weight excluding hydrogens is 249 g/mol. The standard InChI is InChI=1S/C11H17F3N2S/c1-3-6-15-9(4-5-11(12,13)14)10-7-17-8(2)16-10/h7,9,15H,3-6H2,1-2H3. The maximum absolute atomic E-state index is 12.2. The molecule has 0 fully saturated rings. The van der Waals surface area contributed by atoms with Crippen molar-refractivity contribution in [1.29, 1.82) is 0 Å². The Morgan fingerprint density at radius 1 is 1.47 bits per heavy atom. The number of alkyl halides is 3. The van der Waals surface area contributed by atoms with E-state index in [0.29, 0.717) is 6.54 Å². The Balaban J connectivity index is 2.60. The van der Waals surface area contributed by atoms with Crippen molar-refractivity contribution in [1.82, 2.24) is 10.3 Å². The minimum absolute atomic E-state index is 0.0483. The molecule has 0 saturated heterocycles. The van der Waals surface area contributed by atoms with E-state index in [0.717, 1.165) is 17.1 Å². The zero-order chi connectivity index (χ0) is 12.9. The van der Waals surface area contributed by atoms with Crippen molar-refractivity contribution >= 4 is 11.3 Å². The fraction of sp³-hybridized carbons (Fsp3) is 0.727. The summed E-state index contributed by atoms with van der Waals surface area (Å²) in [4.78, 5) is 4.25. The number of rotatable bonds is 6. The monoisotopic (exact) mass is 266 g/mol. The van der Waals surface area contributed by atoms with Crippen molar-refractivity contribution in [3.05, 3.63) is 16.1 Å². The fourth-order valence-corrected chi connectivity index (χ4v) is 2.19. The molecule has 17 heavy (non-hydrogen) atoms. The lowest BCUT2D eigenvalue weighted by Crippen LogP contribution is -2.24. The Labute approximate surface area is 103 Å². The number of aryl methyl sites for hydroxylation is 1. The molecule has 1 atom stereocenters. The van der Waals surface area contributed by atoms with Gasteiger partial charge >= 0.3 is 6.18 Å². The number of halogens is 3. The van der Waals surface area contributed by atoms with Crippen LogP contribution in [-0.2, 0) is 0 Å². The average molecular weight is 266 g/mol.